The molecule has 0 saturated heterocycles. The minimum atomic E-state index is -0.731. The number of carboxylic acids is 1. The van der Waals surface area contributed by atoms with E-state index in [1.165, 1.54) is 19.3 Å². The number of aliphatic carboxylic acids is 1. The molecule has 4 nitrogen and oxygen atoms in total. The monoisotopic (exact) mass is 363 g/mol. The average Bonchev–Trinajstić information content (AvgIpc) is 2.98. The molecule has 148 valence electrons. The van der Waals surface area contributed by atoms with Crippen molar-refractivity contribution < 1.29 is 15.1 Å². The molecular weight excluding hydrogens is 326 g/mol. The summed E-state index contributed by atoms with van der Waals surface area (Å²) in [7, 11) is 0. The van der Waals surface area contributed by atoms with Crippen LogP contribution in [-0.2, 0) is 4.79 Å². The Labute approximate surface area is 159 Å². The molecule has 0 unspecified atom stereocenters. The van der Waals surface area contributed by atoms with Gasteiger partial charge in [0.25, 0.3) is 0 Å². The Kier molecular flexibility index (Phi) is 10.3. The van der Waals surface area contributed by atoms with Crippen LogP contribution < -0.4 is 0 Å². The molecule has 0 amide bonds. The molecule has 0 aromatic rings. The molecule has 0 aliphatic heterocycles. The molecule has 1 aliphatic rings. The van der Waals surface area contributed by atoms with Crippen LogP contribution in [0.3, 0.4) is 0 Å². The summed E-state index contributed by atoms with van der Waals surface area (Å²) in [6.07, 6.45) is 18.2. The first-order chi connectivity index (χ1) is 12.4. The van der Waals surface area contributed by atoms with Gasteiger partial charge in [0.1, 0.15) is 0 Å². The molecule has 1 aliphatic carbocycles. The molecule has 0 aromatic heterocycles. The van der Waals surface area contributed by atoms with Gasteiger partial charge in [-0.15, -0.1) is 0 Å². The van der Waals surface area contributed by atoms with Gasteiger partial charge in [0, 0.05) is 12.3 Å². The van der Waals surface area contributed by atoms with E-state index in [1.54, 1.807) is 0 Å². The number of carboxylic acid groups (broad SMARTS) is 1. The summed E-state index contributed by atoms with van der Waals surface area (Å²) in [5, 5.41) is 21.5. The zero-order valence-electron chi connectivity index (χ0n) is 16.8. The molecule has 1 rings (SSSR count). The summed E-state index contributed by atoms with van der Waals surface area (Å²) in [6, 6.07) is 0. The van der Waals surface area contributed by atoms with Gasteiger partial charge >= 0.3 is 5.97 Å². The number of oxime groups is 1. The molecule has 0 spiro atoms. The maximum Gasteiger partial charge on any atom is 0.303 e. The quantitative estimate of drug-likeness (QED) is 0.187. The molecule has 1 fully saturated rings. The highest BCUT2D eigenvalue weighted by Gasteiger charge is 2.30. The van der Waals surface area contributed by atoms with Crippen molar-refractivity contribution in [3.8, 4) is 0 Å². The van der Waals surface area contributed by atoms with E-state index >= 15 is 0 Å². The average molecular weight is 364 g/mol. The van der Waals surface area contributed by atoms with Crippen LogP contribution in [0.5, 0.6) is 0 Å². The first-order valence-electron chi connectivity index (χ1n) is 10.1. The van der Waals surface area contributed by atoms with Crippen LogP contribution in [-0.4, -0.2) is 22.0 Å². The van der Waals surface area contributed by atoms with Crippen LogP contribution in [0.4, 0.5) is 0 Å². The predicted octanol–water partition coefficient (Wildman–Crippen LogP) is 6.21. The van der Waals surface area contributed by atoms with E-state index in [0.29, 0.717) is 17.8 Å². The standard InChI is InChI=1S/C22H37NO3/c1-4-5-16-22(2,3)17-10-12-19-18(14-15-20(19)23-26)11-8-6-7-9-13-21(24)25/h6,8,10,12,18-19,26H,4-5,7,9,11,13-17H2,1-3H3,(H,24,25)/b8-6-,12-10+,23-20-/t18-,19+/m0/s1. The summed E-state index contributed by atoms with van der Waals surface area (Å²) in [6.45, 7) is 6.87. The third-order valence-electron chi connectivity index (χ3n) is 5.38. The van der Waals surface area contributed by atoms with Crippen molar-refractivity contribution in [1.82, 2.24) is 0 Å². The lowest BCUT2D eigenvalue weighted by atomic mass is 9.83. The van der Waals surface area contributed by atoms with Crippen LogP contribution in [0.2, 0.25) is 0 Å². The van der Waals surface area contributed by atoms with E-state index in [4.69, 9.17) is 5.11 Å². The van der Waals surface area contributed by atoms with Crippen molar-refractivity contribution in [2.24, 2.45) is 22.4 Å². The SMILES string of the molecule is CCCCC(C)(C)C/C=C/[C@H]1/C(=N\O)CC[C@@H]1C/C=C\CCCC(=O)O. The number of unbranched alkanes of at least 4 members (excludes halogenated alkanes) is 2. The molecule has 4 heteroatoms. The summed E-state index contributed by atoms with van der Waals surface area (Å²) >= 11 is 0. The van der Waals surface area contributed by atoms with Crippen LogP contribution in [0.15, 0.2) is 29.5 Å². The van der Waals surface area contributed by atoms with Gasteiger partial charge in [-0.05, 0) is 56.3 Å². The highest BCUT2D eigenvalue weighted by Crippen LogP contribution is 2.35. The Hall–Kier alpha value is -1.58. The number of rotatable bonds is 12. The van der Waals surface area contributed by atoms with Crippen molar-refractivity contribution in [2.45, 2.75) is 85.0 Å². The lowest BCUT2D eigenvalue weighted by Gasteiger charge is -2.23. The Balaban J connectivity index is 2.52. The van der Waals surface area contributed by atoms with Crippen molar-refractivity contribution in [3.05, 3.63) is 24.3 Å². The van der Waals surface area contributed by atoms with E-state index < -0.39 is 5.97 Å². The zero-order valence-corrected chi connectivity index (χ0v) is 16.8. The summed E-state index contributed by atoms with van der Waals surface area (Å²) in [5.74, 6) is -0.0256. The molecule has 1 saturated carbocycles. The minimum Gasteiger partial charge on any atom is -0.481 e. The molecule has 0 heterocycles. The maximum absolute atomic E-state index is 10.5. The first-order valence-corrected chi connectivity index (χ1v) is 10.1. The topological polar surface area (TPSA) is 69.9 Å². The molecule has 26 heavy (non-hydrogen) atoms. The van der Waals surface area contributed by atoms with E-state index in [1.807, 2.05) is 0 Å². The van der Waals surface area contributed by atoms with Gasteiger partial charge in [-0.1, -0.05) is 63.1 Å². The van der Waals surface area contributed by atoms with Gasteiger partial charge in [0.2, 0.25) is 0 Å². The van der Waals surface area contributed by atoms with Crippen molar-refractivity contribution >= 4 is 11.7 Å². The summed E-state index contributed by atoms with van der Waals surface area (Å²) in [4.78, 5) is 10.5. The van der Waals surface area contributed by atoms with Crippen LogP contribution in [0.1, 0.15) is 85.0 Å². The maximum atomic E-state index is 10.5. The largest absolute Gasteiger partial charge is 0.481 e. The smallest absolute Gasteiger partial charge is 0.303 e. The van der Waals surface area contributed by atoms with Crippen molar-refractivity contribution in [3.63, 3.8) is 0 Å². The molecule has 2 atom stereocenters. The second-order valence-corrected chi connectivity index (χ2v) is 8.31. The number of hydrogen-bond acceptors (Lipinski definition) is 3. The Morgan fingerprint density at radius 1 is 1.27 bits per heavy atom. The molecule has 2 N–H and O–H groups in total. The highest BCUT2D eigenvalue weighted by atomic mass is 16.4. The summed E-state index contributed by atoms with van der Waals surface area (Å²) in [5.41, 5.74) is 1.22. The molecule has 0 aromatic carbocycles. The summed E-state index contributed by atoms with van der Waals surface area (Å²) < 4.78 is 0. The molecule has 0 bridgehead atoms. The Morgan fingerprint density at radius 3 is 2.69 bits per heavy atom. The van der Waals surface area contributed by atoms with E-state index in [-0.39, 0.29) is 12.3 Å². The van der Waals surface area contributed by atoms with E-state index in [2.05, 4.69) is 50.2 Å². The fourth-order valence-electron chi connectivity index (χ4n) is 3.65. The van der Waals surface area contributed by atoms with Crippen LogP contribution >= 0.6 is 0 Å². The van der Waals surface area contributed by atoms with E-state index in [0.717, 1.165) is 37.8 Å². The molecular formula is C22H37NO3. The third-order valence-corrected chi connectivity index (χ3v) is 5.38. The van der Waals surface area contributed by atoms with Gasteiger partial charge in [-0.2, -0.15) is 0 Å². The van der Waals surface area contributed by atoms with E-state index in [9.17, 15) is 10.0 Å². The van der Waals surface area contributed by atoms with Gasteiger partial charge in [-0.25, -0.2) is 0 Å². The number of carbonyl (C=O) groups is 1. The first kappa shape index (κ1) is 22.5. The highest BCUT2D eigenvalue weighted by molar-refractivity contribution is 5.90. The third kappa shape index (κ3) is 8.68. The van der Waals surface area contributed by atoms with Crippen LogP contribution in [0, 0.1) is 17.3 Å². The Bertz CT molecular complexity index is 506. The number of nitrogens with zero attached hydrogens (tertiary/aromatic N) is 1. The van der Waals surface area contributed by atoms with Gasteiger partial charge in [0.15, 0.2) is 0 Å². The van der Waals surface area contributed by atoms with Gasteiger partial charge < -0.3 is 10.3 Å². The molecule has 0 radical (unpaired) electrons. The predicted molar refractivity (Wildman–Crippen MR) is 108 cm³/mol. The van der Waals surface area contributed by atoms with Gasteiger partial charge in [0.05, 0.1) is 5.71 Å². The fraction of sp³-hybridized carbons (Fsp3) is 0.727. The number of allylic oxidation sites excluding steroid dienone is 4. The second kappa shape index (κ2) is 11.9. The van der Waals surface area contributed by atoms with Crippen LogP contribution in [0.25, 0.3) is 0 Å². The normalized spacial score (nSPS) is 22.8. The van der Waals surface area contributed by atoms with Gasteiger partial charge in [-0.3, -0.25) is 4.79 Å². The van der Waals surface area contributed by atoms with Crippen molar-refractivity contribution in [2.75, 3.05) is 0 Å². The van der Waals surface area contributed by atoms with Crippen molar-refractivity contribution in [1.29, 1.82) is 0 Å². The zero-order chi connectivity index (χ0) is 19.4. The fourth-order valence-corrected chi connectivity index (χ4v) is 3.65. The number of hydrogen-bond donors (Lipinski definition) is 2. The lowest BCUT2D eigenvalue weighted by molar-refractivity contribution is -0.137. The lowest BCUT2D eigenvalue weighted by Crippen LogP contribution is -2.13. The Morgan fingerprint density at radius 2 is 2.04 bits per heavy atom. The minimum absolute atomic E-state index is 0.227. The second-order valence-electron chi connectivity index (χ2n) is 8.31.